The zero-order chi connectivity index (χ0) is 16.2. The van der Waals surface area contributed by atoms with Crippen molar-refractivity contribution < 1.29 is 4.79 Å². The van der Waals surface area contributed by atoms with Gasteiger partial charge in [-0.25, -0.2) is 0 Å². The lowest BCUT2D eigenvalue weighted by molar-refractivity contribution is 0.0996. The minimum Gasteiger partial charge on any atom is -0.364 e. The van der Waals surface area contributed by atoms with E-state index in [2.05, 4.69) is 44.3 Å². The summed E-state index contributed by atoms with van der Waals surface area (Å²) in [5, 5.41) is 10.4. The highest BCUT2D eigenvalue weighted by atomic mass is 16.1. The first-order valence-corrected chi connectivity index (χ1v) is 7.92. The first kappa shape index (κ1) is 15.6. The van der Waals surface area contributed by atoms with E-state index in [4.69, 9.17) is 5.73 Å². The van der Waals surface area contributed by atoms with Crippen LogP contribution in [0.3, 0.4) is 0 Å². The van der Waals surface area contributed by atoms with Crippen LogP contribution >= 0.6 is 0 Å². The zero-order valence-corrected chi connectivity index (χ0v) is 13.3. The van der Waals surface area contributed by atoms with Crippen molar-refractivity contribution in [1.29, 1.82) is 0 Å². The fraction of sp³-hybridized carbons (Fsp3) is 0.438. The topological polar surface area (TPSA) is 91.1 Å². The number of likely N-dealkylation sites (N-methyl/N-ethyl adjacent to an activating group) is 1. The van der Waals surface area contributed by atoms with Crippen molar-refractivity contribution in [3.63, 3.8) is 0 Å². The van der Waals surface area contributed by atoms with Crippen LogP contribution in [-0.2, 0) is 6.54 Å². The Bertz CT molecular complexity index is 675. The van der Waals surface area contributed by atoms with Crippen LogP contribution in [0.1, 0.15) is 23.0 Å². The maximum Gasteiger partial charge on any atom is 0.271 e. The van der Waals surface area contributed by atoms with Gasteiger partial charge in [-0.3, -0.25) is 9.69 Å². The predicted molar refractivity (Wildman–Crippen MR) is 87.7 cm³/mol. The molecular weight excluding hydrogens is 292 g/mol. The number of hydrogen-bond acceptors (Lipinski definition) is 5. The Balaban J connectivity index is 1.73. The van der Waals surface area contributed by atoms with Gasteiger partial charge in [0, 0.05) is 38.3 Å². The number of aromatic amines is 1. The molecule has 1 aliphatic heterocycles. The highest BCUT2D eigenvalue weighted by Crippen LogP contribution is 2.21. The van der Waals surface area contributed by atoms with Crippen LogP contribution in [0.5, 0.6) is 0 Å². The van der Waals surface area contributed by atoms with E-state index in [-0.39, 0.29) is 5.69 Å². The normalized spacial score (nSPS) is 16.6. The van der Waals surface area contributed by atoms with Crippen molar-refractivity contribution in [1.82, 2.24) is 25.2 Å². The summed E-state index contributed by atoms with van der Waals surface area (Å²) in [6.45, 7) is 8.60. The molecule has 3 N–H and O–H groups in total. The molecule has 1 aromatic carbocycles. The fourth-order valence-corrected chi connectivity index (χ4v) is 2.94. The molecule has 0 bridgehead atoms. The molecule has 1 aromatic heterocycles. The van der Waals surface area contributed by atoms with Crippen molar-refractivity contribution in [3.8, 4) is 11.3 Å². The quantitative estimate of drug-likeness (QED) is 0.848. The molecule has 122 valence electrons. The third-order valence-electron chi connectivity index (χ3n) is 4.30. The van der Waals surface area contributed by atoms with Crippen molar-refractivity contribution in [2.75, 3.05) is 32.7 Å². The highest BCUT2D eigenvalue weighted by molar-refractivity contribution is 5.96. The summed E-state index contributed by atoms with van der Waals surface area (Å²) in [7, 11) is 0. The number of H-pyrrole nitrogens is 1. The highest BCUT2D eigenvalue weighted by Gasteiger charge is 2.17. The summed E-state index contributed by atoms with van der Waals surface area (Å²) in [4.78, 5) is 16.3. The molecule has 2 aromatic rings. The van der Waals surface area contributed by atoms with Gasteiger partial charge < -0.3 is 10.6 Å². The Morgan fingerprint density at radius 2 is 1.96 bits per heavy atom. The number of nitrogens with one attached hydrogen (secondary N) is 1. The van der Waals surface area contributed by atoms with Gasteiger partial charge in [-0.2, -0.15) is 15.4 Å². The van der Waals surface area contributed by atoms with Crippen molar-refractivity contribution in [2.45, 2.75) is 13.5 Å². The van der Waals surface area contributed by atoms with Crippen LogP contribution in [0, 0.1) is 0 Å². The van der Waals surface area contributed by atoms with Gasteiger partial charge in [-0.15, -0.1) is 0 Å². The SMILES string of the molecule is CCN1CCN(Cc2cccc(-c3n[nH]nc3C(N)=O)c2)CC1. The average Bonchev–Trinajstić information content (AvgIpc) is 3.06. The smallest absolute Gasteiger partial charge is 0.271 e. The molecule has 7 nitrogen and oxygen atoms in total. The summed E-state index contributed by atoms with van der Waals surface area (Å²) >= 11 is 0. The van der Waals surface area contributed by atoms with Gasteiger partial charge in [0.25, 0.3) is 5.91 Å². The molecule has 1 aliphatic rings. The second-order valence-electron chi connectivity index (χ2n) is 5.80. The summed E-state index contributed by atoms with van der Waals surface area (Å²) < 4.78 is 0. The maximum absolute atomic E-state index is 11.4. The van der Waals surface area contributed by atoms with Crippen LogP contribution in [0.25, 0.3) is 11.3 Å². The molecule has 1 saturated heterocycles. The summed E-state index contributed by atoms with van der Waals surface area (Å²) in [5.74, 6) is -0.574. The number of benzene rings is 1. The molecule has 1 fully saturated rings. The molecule has 0 spiro atoms. The number of carbonyl (C=O) groups excluding carboxylic acids is 1. The number of hydrogen-bond donors (Lipinski definition) is 2. The van der Waals surface area contributed by atoms with E-state index in [1.165, 1.54) is 5.56 Å². The van der Waals surface area contributed by atoms with Crippen LogP contribution in [-0.4, -0.2) is 63.8 Å². The third-order valence-corrected chi connectivity index (χ3v) is 4.30. The van der Waals surface area contributed by atoms with E-state index in [0.717, 1.165) is 44.8 Å². The largest absolute Gasteiger partial charge is 0.364 e. The van der Waals surface area contributed by atoms with Crippen molar-refractivity contribution in [3.05, 3.63) is 35.5 Å². The average molecular weight is 314 g/mol. The van der Waals surface area contributed by atoms with Gasteiger partial charge in [-0.05, 0) is 18.2 Å². The second kappa shape index (κ2) is 6.89. The van der Waals surface area contributed by atoms with Crippen LogP contribution in [0.4, 0.5) is 0 Å². The van der Waals surface area contributed by atoms with Gasteiger partial charge in [0.05, 0.1) is 0 Å². The van der Waals surface area contributed by atoms with Crippen molar-refractivity contribution >= 4 is 5.91 Å². The number of primary amides is 1. The lowest BCUT2D eigenvalue weighted by atomic mass is 10.1. The number of rotatable bonds is 5. The van der Waals surface area contributed by atoms with Crippen LogP contribution in [0.2, 0.25) is 0 Å². The fourth-order valence-electron chi connectivity index (χ4n) is 2.94. The van der Waals surface area contributed by atoms with E-state index in [0.29, 0.717) is 5.69 Å². The van der Waals surface area contributed by atoms with Gasteiger partial charge in [0.15, 0.2) is 5.69 Å². The van der Waals surface area contributed by atoms with Gasteiger partial charge in [0.1, 0.15) is 5.69 Å². The second-order valence-corrected chi connectivity index (χ2v) is 5.80. The Labute approximate surface area is 135 Å². The monoisotopic (exact) mass is 314 g/mol. The van der Waals surface area contributed by atoms with Gasteiger partial charge in [-0.1, -0.05) is 25.1 Å². The van der Waals surface area contributed by atoms with E-state index in [1.54, 1.807) is 0 Å². The van der Waals surface area contributed by atoms with E-state index in [1.807, 2.05) is 12.1 Å². The molecular formula is C16H22N6O. The molecule has 0 aliphatic carbocycles. The Morgan fingerprint density at radius 3 is 2.65 bits per heavy atom. The summed E-state index contributed by atoms with van der Waals surface area (Å²) in [5.41, 5.74) is 8.08. The summed E-state index contributed by atoms with van der Waals surface area (Å²) in [6.07, 6.45) is 0. The number of carbonyl (C=O) groups is 1. The minimum atomic E-state index is -0.574. The lowest BCUT2D eigenvalue weighted by Crippen LogP contribution is -2.45. The number of aromatic nitrogens is 3. The molecule has 23 heavy (non-hydrogen) atoms. The van der Waals surface area contributed by atoms with Crippen LogP contribution in [0.15, 0.2) is 24.3 Å². The van der Waals surface area contributed by atoms with E-state index in [9.17, 15) is 4.79 Å². The number of nitrogens with two attached hydrogens (primary N) is 1. The zero-order valence-electron chi connectivity index (χ0n) is 13.3. The molecule has 0 radical (unpaired) electrons. The first-order chi connectivity index (χ1) is 11.2. The molecule has 2 heterocycles. The number of nitrogens with zero attached hydrogens (tertiary/aromatic N) is 4. The van der Waals surface area contributed by atoms with Gasteiger partial charge in [0.2, 0.25) is 0 Å². The molecule has 3 rings (SSSR count). The third kappa shape index (κ3) is 3.57. The molecule has 1 amide bonds. The van der Waals surface area contributed by atoms with Gasteiger partial charge >= 0.3 is 0 Å². The Morgan fingerprint density at radius 1 is 1.22 bits per heavy atom. The Hall–Kier alpha value is -2.25. The number of amides is 1. The van der Waals surface area contributed by atoms with E-state index < -0.39 is 5.91 Å². The molecule has 0 unspecified atom stereocenters. The first-order valence-electron chi connectivity index (χ1n) is 7.92. The minimum absolute atomic E-state index is 0.179. The predicted octanol–water partition coefficient (Wildman–Crippen LogP) is 0.708. The Kier molecular flexibility index (Phi) is 4.68. The van der Waals surface area contributed by atoms with Crippen LogP contribution < -0.4 is 5.73 Å². The van der Waals surface area contributed by atoms with Crippen molar-refractivity contribution in [2.24, 2.45) is 5.73 Å². The molecule has 0 saturated carbocycles. The number of piperazine rings is 1. The maximum atomic E-state index is 11.4. The molecule has 7 heteroatoms. The summed E-state index contributed by atoms with van der Waals surface area (Å²) in [6, 6.07) is 8.05. The van der Waals surface area contributed by atoms with E-state index >= 15 is 0 Å². The lowest BCUT2D eigenvalue weighted by Gasteiger charge is -2.34. The molecule has 0 atom stereocenters. The standard InChI is InChI=1S/C16H22N6O/c1-2-21-6-8-22(9-7-21)11-12-4-3-5-13(10-12)14-15(16(17)23)19-20-18-14/h3-5,10H,2,6-9,11H2,1H3,(H2,17,23)(H,18,19,20).